The van der Waals surface area contributed by atoms with Crippen LogP contribution in [-0.2, 0) is 14.3 Å². The highest BCUT2D eigenvalue weighted by Gasteiger charge is 2.23. The summed E-state index contributed by atoms with van der Waals surface area (Å²) in [6.07, 6.45) is 0.357. The van der Waals surface area contributed by atoms with Crippen molar-refractivity contribution in [1.82, 2.24) is 0 Å². The molecule has 0 aliphatic carbocycles. The summed E-state index contributed by atoms with van der Waals surface area (Å²) in [5.41, 5.74) is 2.08. The fourth-order valence-corrected chi connectivity index (χ4v) is 3.01. The molecule has 2 aromatic rings. The number of esters is 1. The average molecular weight is 394 g/mol. The molecule has 1 saturated heterocycles. The van der Waals surface area contributed by atoms with E-state index >= 15 is 0 Å². The van der Waals surface area contributed by atoms with E-state index in [-0.39, 0.29) is 11.7 Å². The summed E-state index contributed by atoms with van der Waals surface area (Å²) >= 11 is 0. The second-order valence-corrected chi connectivity index (χ2v) is 6.87. The molecule has 0 spiro atoms. The van der Waals surface area contributed by atoms with Crippen LogP contribution in [0.3, 0.4) is 0 Å². The third-order valence-electron chi connectivity index (χ3n) is 4.70. The number of anilines is 2. The molecule has 0 unspecified atom stereocenters. The SMILES string of the molecule is CC(=O)c1ccc(NC(=O)[C@@H](C)OC(=O)c2ccc(N3CCCC3=O)cc2)cc1. The van der Waals surface area contributed by atoms with Crippen LogP contribution in [0.25, 0.3) is 0 Å². The van der Waals surface area contributed by atoms with E-state index in [4.69, 9.17) is 4.74 Å². The van der Waals surface area contributed by atoms with Gasteiger partial charge < -0.3 is 15.0 Å². The minimum absolute atomic E-state index is 0.0645. The van der Waals surface area contributed by atoms with Gasteiger partial charge in [0.05, 0.1) is 5.56 Å². The number of ether oxygens (including phenoxy) is 1. The van der Waals surface area contributed by atoms with Crippen LogP contribution < -0.4 is 10.2 Å². The molecule has 1 aliphatic rings. The Labute approximate surface area is 168 Å². The molecule has 1 heterocycles. The first-order chi connectivity index (χ1) is 13.8. The molecule has 1 atom stereocenters. The van der Waals surface area contributed by atoms with Gasteiger partial charge in [-0.2, -0.15) is 0 Å². The zero-order valence-electron chi connectivity index (χ0n) is 16.3. The molecule has 7 nitrogen and oxygen atoms in total. The first-order valence-corrected chi connectivity index (χ1v) is 9.38. The van der Waals surface area contributed by atoms with Crippen molar-refractivity contribution in [2.75, 3.05) is 16.8 Å². The minimum atomic E-state index is -1.00. The number of nitrogens with zero attached hydrogens (tertiary/aromatic N) is 1. The topological polar surface area (TPSA) is 92.8 Å². The van der Waals surface area contributed by atoms with Gasteiger partial charge in [-0.3, -0.25) is 14.4 Å². The molecule has 0 saturated carbocycles. The minimum Gasteiger partial charge on any atom is -0.449 e. The number of rotatable bonds is 6. The monoisotopic (exact) mass is 394 g/mol. The number of Topliss-reactive ketones (excluding diaryl/α,β-unsaturated/α-hetero) is 1. The van der Waals surface area contributed by atoms with E-state index in [0.717, 1.165) is 12.1 Å². The quantitative estimate of drug-likeness (QED) is 0.600. The van der Waals surface area contributed by atoms with Gasteiger partial charge in [0.15, 0.2) is 11.9 Å². The van der Waals surface area contributed by atoms with Gasteiger partial charge >= 0.3 is 5.97 Å². The molecule has 2 amide bonds. The number of amides is 2. The molecule has 0 bridgehead atoms. The summed E-state index contributed by atoms with van der Waals surface area (Å²) in [6.45, 7) is 3.62. The summed E-state index contributed by atoms with van der Waals surface area (Å²) in [7, 11) is 0. The fraction of sp³-hybridized carbons (Fsp3) is 0.273. The largest absolute Gasteiger partial charge is 0.449 e. The van der Waals surface area contributed by atoms with Gasteiger partial charge in [-0.05, 0) is 68.8 Å². The summed E-state index contributed by atoms with van der Waals surface area (Å²) in [6, 6.07) is 13.0. The molecule has 1 aliphatic heterocycles. The van der Waals surface area contributed by atoms with Gasteiger partial charge in [-0.1, -0.05) is 0 Å². The van der Waals surface area contributed by atoms with Gasteiger partial charge in [0.25, 0.3) is 5.91 Å². The number of ketones is 1. The lowest BCUT2D eigenvalue weighted by Gasteiger charge is -2.16. The molecule has 1 fully saturated rings. The van der Waals surface area contributed by atoms with Crippen LogP contribution in [0.2, 0.25) is 0 Å². The Morgan fingerprint density at radius 1 is 1.00 bits per heavy atom. The first kappa shape index (κ1) is 20.3. The molecule has 7 heteroatoms. The Morgan fingerprint density at radius 2 is 1.62 bits per heavy atom. The van der Waals surface area contributed by atoms with Crippen molar-refractivity contribution in [2.24, 2.45) is 0 Å². The van der Waals surface area contributed by atoms with E-state index < -0.39 is 18.0 Å². The Kier molecular flexibility index (Phi) is 6.07. The number of benzene rings is 2. The third kappa shape index (κ3) is 4.87. The third-order valence-corrected chi connectivity index (χ3v) is 4.70. The van der Waals surface area contributed by atoms with Crippen LogP contribution in [-0.4, -0.2) is 36.2 Å². The summed E-state index contributed by atoms with van der Waals surface area (Å²) in [4.78, 5) is 49.3. The van der Waals surface area contributed by atoms with Gasteiger partial charge in [-0.15, -0.1) is 0 Å². The molecule has 1 N–H and O–H groups in total. The Balaban J connectivity index is 1.57. The number of hydrogen-bond acceptors (Lipinski definition) is 5. The summed E-state index contributed by atoms with van der Waals surface area (Å²) in [5.74, 6) is -1.10. The highest BCUT2D eigenvalue weighted by atomic mass is 16.5. The maximum atomic E-state index is 12.3. The van der Waals surface area contributed by atoms with Gasteiger partial charge in [0, 0.05) is 29.9 Å². The highest BCUT2D eigenvalue weighted by Crippen LogP contribution is 2.22. The van der Waals surface area contributed by atoms with Crippen molar-refractivity contribution in [1.29, 1.82) is 0 Å². The van der Waals surface area contributed by atoms with E-state index in [1.54, 1.807) is 53.4 Å². The molecule has 150 valence electrons. The lowest BCUT2D eigenvalue weighted by molar-refractivity contribution is -0.123. The van der Waals surface area contributed by atoms with Gasteiger partial charge in [-0.25, -0.2) is 4.79 Å². The van der Waals surface area contributed by atoms with E-state index in [0.29, 0.717) is 29.8 Å². The summed E-state index contributed by atoms with van der Waals surface area (Å²) in [5, 5.41) is 2.64. The van der Waals surface area contributed by atoms with Crippen molar-refractivity contribution >= 4 is 34.9 Å². The van der Waals surface area contributed by atoms with Crippen molar-refractivity contribution in [3.63, 3.8) is 0 Å². The molecule has 0 radical (unpaired) electrons. The molecule has 2 aromatic carbocycles. The number of carbonyl (C=O) groups excluding carboxylic acids is 4. The van der Waals surface area contributed by atoms with Crippen molar-refractivity contribution in [3.05, 3.63) is 59.7 Å². The molecule has 29 heavy (non-hydrogen) atoms. The van der Waals surface area contributed by atoms with Crippen molar-refractivity contribution < 1.29 is 23.9 Å². The fourth-order valence-electron chi connectivity index (χ4n) is 3.01. The van der Waals surface area contributed by atoms with Crippen LogP contribution in [0, 0.1) is 0 Å². The van der Waals surface area contributed by atoms with Gasteiger partial charge in [0.2, 0.25) is 5.91 Å². The zero-order chi connectivity index (χ0) is 21.0. The van der Waals surface area contributed by atoms with Crippen LogP contribution in [0.5, 0.6) is 0 Å². The Morgan fingerprint density at radius 3 is 2.17 bits per heavy atom. The lowest BCUT2D eigenvalue weighted by Crippen LogP contribution is -2.30. The number of nitrogens with one attached hydrogen (secondary N) is 1. The molecular weight excluding hydrogens is 372 g/mol. The normalized spacial score (nSPS) is 14.4. The average Bonchev–Trinajstić information content (AvgIpc) is 3.14. The van der Waals surface area contributed by atoms with E-state index in [9.17, 15) is 19.2 Å². The first-order valence-electron chi connectivity index (χ1n) is 9.38. The second kappa shape index (κ2) is 8.68. The van der Waals surface area contributed by atoms with E-state index in [1.165, 1.54) is 13.8 Å². The Hall–Kier alpha value is -3.48. The van der Waals surface area contributed by atoms with Crippen LogP contribution >= 0.6 is 0 Å². The molecular formula is C22H22N2O5. The predicted octanol–water partition coefficient (Wildman–Crippen LogP) is 3.20. The second-order valence-electron chi connectivity index (χ2n) is 6.87. The molecule has 0 aromatic heterocycles. The van der Waals surface area contributed by atoms with Gasteiger partial charge in [0.1, 0.15) is 0 Å². The highest BCUT2D eigenvalue weighted by molar-refractivity contribution is 5.99. The van der Waals surface area contributed by atoms with Crippen molar-refractivity contribution in [2.45, 2.75) is 32.8 Å². The summed E-state index contributed by atoms with van der Waals surface area (Å²) < 4.78 is 5.23. The van der Waals surface area contributed by atoms with E-state index in [2.05, 4.69) is 5.32 Å². The Bertz CT molecular complexity index is 935. The maximum Gasteiger partial charge on any atom is 0.338 e. The number of hydrogen-bond donors (Lipinski definition) is 1. The zero-order valence-corrected chi connectivity index (χ0v) is 16.3. The van der Waals surface area contributed by atoms with Crippen LogP contribution in [0.15, 0.2) is 48.5 Å². The lowest BCUT2D eigenvalue weighted by atomic mass is 10.1. The van der Waals surface area contributed by atoms with Crippen LogP contribution in [0.1, 0.15) is 47.4 Å². The predicted molar refractivity (Wildman–Crippen MR) is 108 cm³/mol. The van der Waals surface area contributed by atoms with E-state index in [1.807, 2.05) is 0 Å². The number of carbonyl (C=O) groups is 4. The standard InChI is InChI=1S/C22H22N2O5/c1-14(25)16-5-9-18(10-6-16)23-21(27)15(2)29-22(28)17-7-11-19(12-8-17)24-13-3-4-20(24)26/h5-12,15H,3-4,13H2,1-2H3,(H,23,27)/t15-/m1/s1. The van der Waals surface area contributed by atoms with Crippen LogP contribution in [0.4, 0.5) is 11.4 Å². The molecule has 3 rings (SSSR count). The van der Waals surface area contributed by atoms with Crippen molar-refractivity contribution in [3.8, 4) is 0 Å². The smallest absolute Gasteiger partial charge is 0.338 e. The maximum absolute atomic E-state index is 12.3.